The molecule has 60 heavy (non-hydrogen) atoms. The molecule has 5 aliphatic rings. The zero-order valence-electron chi connectivity index (χ0n) is 38.3. The Balaban J connectivity index is 1.32. The Kier molecular flexibility index (Phi) is 16.7. The minimum absolute atomic E-state index is 0.0194. The summed E-state index contributed by atoms with van der Waals surface area (Å²) in [7, 11) is 10.9. The molecule has 1 aromatic carbocycles. The van der Waals surface area contributed by atoms with Gasteiger partial charge in [0.05, 0.1) is 30.8 Å². The van der Waals surface area contributed by atoms with Crippen molar-refractivity contribution >= 4 is 17.3 Å². The number of hydrogen-bond donors (Lipinski definition) is 0. The molecule has 0 amide bonds. The number of Topliss-reactive ketones (excluding diaryl/α,β-unsaturated/α-hetero) is 1. The van der Waals surface area contributed by atoms with Crippen LogP contribution in [0.2, 0.25) is 0 Å². The van der Waals surface area contributed by atoms with Crippen LogP contribution in [0.1, 0.15) is 98.0 Å². The molecule has 2 heterocycles. The van der Waals surface area contributed by atoms with Crippen molar-refractivity contribution in [3.05, 3.63) is 53.6 Å². The number of cyclic esters (lactones) is 1. The Labute approximate surface area is 360 Å². The van der Waals surface area contributed by atoms with E-state index in [1.54, 1.807) is 28.4 Å². The first-order valence-electron chi connectivity index (χ1n) is 22.8. The normalized spacial score (nSPS) is 35.9. The van der Waals surface area contributed by atoms with E-state index in [9.17, 15) is 4.79 Å². The van der Waals surface area contributed by atoms with Gasteiger partial charge >= 0.3 is 5.97 Å². The molecule has 1 saturated carbocycles. The lowest BCUT2D eigenvalue weighted by atomic mass is 9.66. The van der Waals surface area contributed by atoms with Crippen LogP contribution in [0, 0.1) is 41.4 Å². The predicted molar refractivity (Wildman–Crippen MR) is 231 cm³/mol. The fraction of sp³-hybridized carbons (Fsp3) is 0.755. The number of carbonyl (C=O) groups is 2. The van der Waals surface area contributed by atoms with Gasteiger partial charge < -0.3 is 42.8 Å². The Hall–Kier alpha value is -2.48. The van der Waals surface area contributed by atoms with Crippen molar-refractivity contribution in [1.82, 2.24) is 4.90 Å². The summed E-state index contributed by atoms with van der Waals surface area (Å²) >= 11 is 0. The van der Waals surface area contributed by atoms with Gasteiger partial charge in [0.15, 0.2) is 18.4 Å². The summed E-state index contributed by atoms with van der Waals surface area (Å²) in [6.07, 6.45) is 8.13. The molecule has 11 heteroatoms. The average Bonchev–Trinajstić information content (AvgIpc) is 3.82. The number of fused-ring (bicyclic) bond motifs is 5. The average molecular weight is 838 g/mol. The maximum Gasteiger partial charge on any atom is 0.306 e. The third kappa shape index (κ3) is 10.3. The van der Waals surface area contributed by atoms with Gasteiger partial charge in [0, 0.05) is 46.3 Å². The fourth-order valence-corrected chi connectivity index (χ4v) is 11.4. The lowest BCUT2D eigenvalue weighted by Gasteiger charge is -2.40. The Bertz CT molecular complexity index is 1610. The molecule has 6 rings (SSSR count). The highest BCUT2D eigenvalue weighted by Crippen LogP contribution is 2.58. The van der Waals surface area contributed by atoms with Crippen molar-refractivity contribution in [2.45, 2.75) is 154 Å². The van der Waals surface area contributed by atoms with Crippen molar-refractivity contribution < 1.29 is 47.5 Å². The Morgan fingerprint density at radius 2 is 1.50 bits per heavy atom. The largest absolute Gasteiger partial charge is 0.462 e. The predicted octanol–water partition coefficient (Wildman–Crippen LogP) is 7.90. The second-order valence-corrected chi connectivity index (χ2v) is 18.7. The van der Waals surface area contributed by atoms with Crippen molar-refractivity contribution in [1.29, 1.82) is 0 Å². The molecule has 2 aliphatic heterocycles. The van der Waals surface area contributed by atoms with Gasteiger partial charge in [-0.25, -0.2) is 0 Å². The minimum atomic E-state index is -0.705. The number of ether oxygens (including phenoxy) is 8. The van der Waals surface area contributed by atoms with Crippen LogP contribution >= 0.6 is 0 Å². The summed E-state index contributed by atoms with van der Waals surface area (Å²) in [6, 6.07) is 10.9. The van der Waals surface area contributed by atoms with Gasteiger partial charge in [0.1, 0.15) is 18.3 Å². The molecular formula is C49H75NO10. The smallest absolute Gasteiger partial charge is 0.306 e. The maximum absolute atomic E-state index is 15.0. The maximum atomic E-state index is 15.0. The SMILES string of the molecule is CC[C@H]1CCC[C@H](O[C@H]2CC[C@H](N(C)C)C(C)O2)[C@@H](C)C(=O)C2=C[C@@H]3C(C=C(c4ccccc4)C4C[C@@H](OC(OC)C(OC)C(OC)C(OC)C(C)C)C[C@H]43)[C@@H]2CC(=O)O1. The number of methoxy groups -OCH3 is 4. The number of carbonyl (C=O) groups excluding carboxylic acids is 2. The fourth-order valence-electron chi connectivity index (χ4n) is 11.4. The third-order valence-electron chi connectivity index (χ3n) is 14.6. The molecule has 1 aromatic rings. The molecule has 336 valence electrons. The van der Waals surface area contributed by atoms with Crippen LogP contribution in [0.4, 0.5) is 0 Å². The topological polar surface area (TPSA) is 111 Å². The molecule has 3 fully saturated rings. The molecule has 7 unspecified atom stereocenters. The number of benzene rings is 1. The molecule has 0 aromatic heterocycles. The van der Waals surface area contributed by atoms with Gasteiger partial charge in [0.25, 0.3) is 0 Å². The van der Waals surface area contributed by atoms with Crippen molar-refractivity contribution in [2.75, 3.05) is 42.5 Å². The quantitative estimate of drug-likeness (QED) is 0.127. The summed E-state index contributed by atoms with van der Waals surface area (Å²) in [6.45, 7) is 10.4. The Morgan fingerprint density at radius 1 is 0.800 bits per heavy atom. The second kappa shape index (κ2) is 21.3. The van der Waals surface area contributed by atoms with Crippen LogP contribution in [-0.4, -0.2) is 121 Å². The summed E-state index contributed by atoms with van der Waals surface area (Å²) in [5.74, 6) is -0.366. The summed E-state index contributed by atoms with van der Waals surface area (Å²) in [5.41, 5.74) is 3.15. The number of allylic oxidation sites excluding steroid dienone is 4. The van der Waals surface area contributed by atoms with Crippen molar-refractivity contribution in [3.63, 3.8) is 0 Å². The van der Waals surface area contributed by atoms with E-state index in [1.807, 2.05) is 13.0 Å². The number of ketones is 1. The zero-order valence-corrected chi connectivity index (χ0v) is 38.3. The highest BCUT2D eigenvalue weighted by Gasteiger charge is 2.53. The van der Waals surface area contributed by atoms with E-state index in [0.29, 0.717) is 12.5 Å². The van der Waals surface area contributed by atoms with E-state index >= 15 is 4.79 Å². The molecular weight excluding hydrogens is 763 g/mol. The standard InChI is InChI=1S/C49H75NO10/c1-12-32-19-16-20-42(60-44-22-21-41(50(6)7)30(5)57-44)29(4)45(52)40-26-38-36-24-33(59-49(56-11)48(55-10)47(54-9)46(53-8)28(2)3)23-35(36)34(31-17-14-13-15-18-31)25-37(38)39(40)27-43(51)58-32/h13-15,17-18,25-26,28-30,32-33,35-39,41-42,44,46-49H,12,16,19-24,27H2,1-11H3/t29-,30?,32+,33-,35?,36-,37?,38+,39+,41+,42+,44+,46?,47?,48?,49?/m1/s1. The monoisotopic (exact) mass is 838 g/mol. The first-order valence-corrected chi connectivity index (χ1v) is 22.8. The molecule has 0 spiro atoms. The minimum Gasteiger partial charge on any atom is -0.462 e. The van der Waals surface area contributed by atoms with Crippen LogP contribution in [0.3, 0.4) is 0 Å². The highest BCUT2D eigenvalue weighted by molar-refractivity contribution is 5.99. The van der Waals surface area contributed by atoms with Crippen molar-refractivity contribution in [3.8, 4) is 0 Å². The van der Waals surface area contributed by atoms with Crippen LogP contribution < -0.4 is 0 Å². The molecule has 11 nitrogen and oxygen atoms in total. The van der Waals surface area contributed by atoms with E-state index < -0.39 is 24.4 Å². The van der Waals surface area contributed by atoms with Gasteiger partial charge in [-0.3, -0.25) is 9.59 Å². The van der Waals surface area contributed by atoms with Gasteiger partial charge in [-0.05, 0) is 119 Å². The summed E-state index contributed by atoms with van der Waals surface area (Å²) in [5, 5.41) is 0. The number of esters is 1. The van der Waals surface area contributed by atoms with Crippen molar-refractivity contribution in [2.24, 2.45) is 41.4 Å². The van der Waals surface area contributed by atoms with E-state index in [4.69, 9.17) is 37.9 Å². The van der Waals surface area contributed by atoms with E-state index in [2.05, 4.69) is 83.1 Å². The third-order valence-corrected chi connectivity index (χ3v) is 14.6. The zero-order chi connectivity index (χ0) is 43.2. The molecule has 0 N–H and O–H groups in total. The van der Waals surface area contributed by atoms with Gasteiger partial charge in [-0.1, -0.05) is 70.2 Å². The molecule has 3 aliphatic carbocycles. The van der Waals surface area contributed by atoms with E-state index in [0.717, 1.165) is 56.1 Å². The summed E-state index contributed by atoms with van der Waals surface area (Å²) in [4.78, 5) is 31.1. The Morgan fingerprint density at radius 3 is 2.12 bits per heavy atom. The van der Waals surface area contributed by atoms with Gasteiger partial charge in [0.2, 0.25) is 0 Å². The lowest BCUT2D eigenvalue weighted by Crippen LogP contribution is -2.51. The van der Waals surface area contributed by atoms with Gasteiger partial charge in [-0.2, -0.15) is 0 Å². The number of rotatable bonds is 15. The molecule has 0 radical (unpaired) electrons. The van der Waals surface area contributed by atoms with Gasteiger partial charge in [-0.15, -0.1) is 0 Å². The van der Waals surface area contributed by atoms with E-state index in [-0.39, 0.29) is 90.5 Å². The first-order chi connectivity index (χ1) is 28.8. The van der Waals surface area contributed by atoms with Crippen LogP contribution in [-0.2, 0) is 47.5 Å². The molecule has 16 atom stereocenters. The first kappa shape index (κ1) is 47.0. The summed E-state index contributed by atoms with van der Waals surface area (Å²) < 4.78 is 50.3. The highest BCUT2D eigenvalue weighted by atomic mass is 16.7. The molecule has 0 bridgehead atoms. The van der Waals surface area contributed by atoms with Crippen LogP contribution in [0.15, 0.2) is 48.1 Å². The van der Waals surface area contributed by atoms with E-state index in [1.165, 1.54) is 5.57 Å². The number of likely N-dealkylation sites (N-methyl/N-ethyl adjacent to an activating group) is 1. The number of hydrogen-bond acceptors (Lipinski definition) is 11. The van der Waals surface area contributed by atoms with Crippen LogP contribution in [0.5, 0.6) is 0 Å². The van der Waals surface area contributed by atoms with Crippen LogP contribution in [0.25, 0.3) is 5.57 Å². The molecule has 2 saturated heterocycles. The number of nitrogens with zero attached hydrogens (tertiary/aromatic N) is 1. The second-order valence-electron chi connectivity index (χ2n) is 18.7. The lowest BCUT2D eigenvalue weighted by molar-refractivity contribution is -0.247.